The summed E-state index contributed by atoms with van der Waals surface area (Å²) in [6, 6.07) is 7.49. The van der Waals surface area contributed by atoms with Gasteiger partial charge in [0.25, 0.3) is 0 Å². The third-order valence-electron chi connectivity index (χ3n) is 5.32. The molecule has 162 valence electrons. The number of hydrogen-bond acceptors (Lipinski definition) is 4. The average Bonchev–Trinajstić information content (AvgIpc) is 3.05. The Morgan fingerprint density at radius 1 is 1.23 bits per heavy atom. The number of nitrogens with one attached hydrogen (secondary N) is 1. The first-order valence-corrected chi connectivity index (χ1v) is 10.8. The van der Waals surface area contributed by atoms with E-state index in [0.29, 0.717) is 31.1 Å². The standard InChI is InChI=1S/C22H30ClN5O2/c1-4-24-22(25-9-8-20-16(2)26-30-17(20)3)28-12-10-27(11-13-28)21(29)15-18-6-5-7-19(23)14-18/h5-7,14H,4,8-13,15H2,1-3H3,(H,24,25). The van der Waals surface area contributed by atoms with Crippen LogP contribution in [0.2, 0.25) is 5.02 Å². The van der Waals surface area contributed by atoms with E-state index in [0.717, 1.165) is 54.6 Å². The smallest absolute Gasteiger partial charge is 0.227 e. The molecule has 0 bridgehead atoms. The minimum atomic E-state index is 0.136. The summed E-state index contributed by atoms with van der Waals surface area (Å²) in [4.78, 5) is 21.6. The minimum Gasteiger partial charge on any atom is -0.361 e. The van der Waals surface area contributed by atoms with Gasteiger partial charge in [0.2, 0.25) is 5.91 Å². The Bertz CT molecular complexity index is 868. The Hall–Kier alpha value is -2.54. The quantitative estimate of drug-likeness (QED) is 0.562. The highest BCUT2D eigenvalue weighted by Crippen LogP contribution is 2.14. The maximum atomic E-state index is 12.7. The normalized spacial score (nSPS) is 14.9. The molecule has 0 radical (unpaired) electrons. The van der Waals surface area contributed by atoms with Crippen molar-refractivity contribution in [1.29, 1.82) is 0 Å². The lowest BCUT2D eigenvalue weighted by atomic mass is 10.1. The fourth-order valence-electron chi connectivity index (χ4n) is 3.66. The monoisotopic (exact) mass is 431 g/mol. The minimum absolute atomic E-state index is 0.136. The number of rotatable bonds is 6. The van der Waals surface area contributed by atoms with E-state index in [4.69, 9.17) is 21.1 Å². The van der Waals surface area contributed by atoms with E-state index in [1.54, 1.807) is 0 Å². The van der Waals surface area contributed by atoms with Gasteiger partial charge < -0.3 is 19.6 Å². The van der Waals surface area contributed by atoms with Crippen LogP contribution in [0.25, 0.3) is 0 Å². The highest BCUT2D eigenvalue weighted by Gasteiger charge is 2.23. The van der Waals surface area contributed by atoms with Gasteiger partial charge >= 0.3 is 0 Å². The summed E-state index contributed by atoms with van der Waals surface area (Å²) in [6.45, 7) is 10.3. The first-order valence-electron chi connectivity index (χ1n) is 10.4. The Balaban J connectivity index is 1.53. The number of aryl methyl sites for hydroxylation is 2. The molecule has 3 rings (SSSR count). The van der Waals surface area contributed by atoms with E-state index in [9.17, 15) is 4.79 Å². The molecule has 1 fully saturated rings. The van der Waals surface area contributed by atoms with Crippen LogP contribution in [-0.2, 0) is 17.6 Å². The molecule has 8 heteroatoms. The molecule has 1 amide bonds. The van der Waals surface area contributed by atoms with Crippen LogP contribution in [-0.4, -0.2) is 66.1 Å². The second kappa shape index (κ2) is 10.5. The number of carbonyl (C=O) groups is 1. The zero-order valence-corrected chi connectivity index (χ0v) is 18.7. The summed E-state index contributed by atoms with van der Waals surface area (Å²) < 4.78 is 5.23. The third kappa shape index (κ3) is 5.75. The summed E-state index contributed by atoms with van der Waals surface area (Å²) in [5, 5.41) is 8.04. The Morgan fingerprint density at radius 3 is 2.60 bits per heavy atom. The van der Waals surface area contributed by atoms with Crippen LogP contribution >= 0.6 is 11.6 Å². The van der Waals surface area contributed by atoms with Crippen molar-refractivity contribution >= 4 is 23.5 Å². The highest BCUT2D eigenvalue weighted by molar-refractivity contribution is 6.30. The lowest BCUT2D eigenvalue weighted by Gasteiger charge is -2.36. The van der Waals surface area contributed by atoms with E-state index in [2.05, 4.69) is 22.3 Å². The number of nitrogens with zero attached hydrogens (tertiary/aromatic N) is 4. The maximum absolute atomic E-state index is 12.7. The largest absolute Gasteiger partial charge is 0.361 e. The summed E-state index contributed by atoms with van der Waals surface area (Å²) in [5.41, 5.74) is 3.01. The summed E-state index contributed by atoms with van der Waals surface area (Å²) >= 11 is 6.03. The third-order valence-corrected chi connectivity index (χ3v) is 5.55. The molecule has 1 aliphatic rings. The number of guanidine groups is 1. The van der Waals surface area contributed by atoms with Gasteiger partial charge in [0, 0.05) is 49.9 Å². The van der Waals surface area contributed by atoms with Crippen molar-refractivity contribution in [1.82, 2.24) is 20.3 Å². The molecule has 7 nitrogen and oxygen atoms in total. The van der Waals surface area contributed by atoms with Crippen molar-refractivity contribution < 1.29 is 9.32 Å². The average molecular weight is 432 g/mol. The Morgan fingerprint density at radius 2 is 1.97 bits per heavy atom. The van der Waals surface area contributed by atoms with Gasteiger partial charge in [-0.15, -0.1) is 0 Å². The van der Waals surface area contributed by atoms with Gasteiger partial charge in [0.1, 0.15) is 5.76 Å². The fraction of sp³-hybridized carbons (Fsp3) is 0.500. The first kappa shape index (κ1) is 22.2. The van der Waals surface area contributed by atoms with Gasteiger partial charge in [-0.2, -0.15) is 0 Å². The van der Waals surface area contributed by atoms with Crippen molar-refractivity contribution in [3.05, 3.63) is 51.9 Å². The Kier molecular flexibility index (Phi) is 7.74. The zero-order valence-electron chi connectivity index (χ0n) is 17.9. The van der Waals surface area contributed by atoms with Crippen LogP contribution in [0, 0.1) is 13.8 Å². The van der Waals surface area contributed by atoms with E-state index in [-0.39, 0.29) is 5.91 Å². The van der Waals surface area contributed by atoms with Gasteiger partial charge in [-0.3, -0.25) is 9.79 Å². The van der Waals surface area contributed by atoms with Gasteiger partial charge in [0.15, 0.2) is 5.96 Å². The SMILES string of the molecule is CCNC(=NCCc1c(C)noc1C)N1CCN(C(=O)Cc2cccc(Cl)c2)CC1. The van der Waals surface area contributed by atoms with Gasteiger partial charge in [-0.1, -0.05) is 28.9 Å². The van der Waals surface area contributed by atoms with Crippen LogP contribution < -0.4 is 5.32 Å². The van der Waals surface area contributed by atoms with Crippen molar-refractivity contribution in [3.8, 4) is 0 Å². The summed E-state index contributed by atoms with van der Waals surface area (Å²) in [6.07, 6.45) is 1.18. The molecule has 2 heterocycles. The molecule has 0 aliphatic carbocycles. The van der Waals surface area contributed by atoms with Gasteiger partial charge in [0.05, 0.1) is 12.1 Å². The van der Waals surface area contributed by atoms with Crippen LogP contribution in [0.5, 0.6) is 0 Å². The topological polar surface area (TPSA) is 74.0 Å². The molecule has 1 N–H and O–H groups in total. The second-order valence-electron chi connectivity index (χ2n) is 7.46. The lowest BCUT2D eigenvalue weighted by molar-refractivity contribution is -0.131. The number of aliphatic imine (C=N–C) groups is 1. The van der Waals surface area contributed by atoms with E-state index < -0.39 is 0 Å². The van der Waals surface area contributed by atoms with E-state index in [1.807, 2.05) is 43.0 Å². The van der Waals surface area contributed by atoms with Crippen molar-refractivity contribution in [2.45, 2.75) is 33.6 Å². The number of halogens is 1. The van der Waals surface area contributed by atoms with Gasteiger partial charge in [-0.05, 0) is 44.9 Å². The molecule has 0 atom stereocenters. The Labute approximate surface area is 183 Å². The molecule has 30 heavy (non-hydrogen) atoms. The molecule has 1 saturated heterocycles. The first-order chi connectivity index (χ1) is 14.5. The van der Waals surface area contributed by atoms with Crippen LogP contribution in [0.15, 0.2) is 33.8 Å². The van der Waals surface area contributed by atoms with Crippen LogP contribution in [0.1, 0.15) is 29.5 Å². The van der Waals surface area contributed by atoms with Gasteiger partial charge in [-0.25, -0.2) is 0 Å². The maximum Gasteiger partial charge on any atom is 0.227 e. The predicted octanol–water partition coefficient (Wildman–Crippen LogP) is 2.84. The van der Waals surface area contributed by atoms with E-state index in [1.165, 1.54) is 0 Å². The molecule has 0 unspecified atom stereocenters. The van der Waals surface area contributed by atoms with Crippen molar-refractivity contribution in [3.63, 3.8) is 0 Å². The predicted molar refractivity (Wildman–Crippen MR) is 119 cm³/mol. The number of hydrogen-bond donors (Lipinski definition) is 1. The number of amides is 1. The molecule has 1 aromatic heterocycles. The summed E-state index contributed by atoms with van der Waals surface area (Å²) in [7, 11) is 0. The van der Waals surface area contributed by atoms with Crippen molar-refractivity contribution in [2.24, 2.45) is 4.99 Å². The highest BCUT2D eigenvalue weighted by atomic mass is 35.5. The molecular formula is C22H30ClN5O2. The van der Waals surface area contributed by atoms with Crippen LogP contribution in [0.4, 0.5) is 0 Å². The zero-order chi connectivity index (χ0) is 21.5. The lowest BCUT2D eigenvalue weighted by Crippen LogP contribution is -2.54. The fourth-order valence-corrected chi connectivity index (χ4v) is 3.87. The second-order valence-corrected chi connectivity index (χ2v) is 7.90. The molecule has 1 aliphatic heterocycles. The number of benzene rings is 1. The van der Waals surface area contributed by atoms with Crippen LogP contribution in [0.3, 0.4) is 0 Å². The molecule has 2 aromatic rings. The molecule has 1 aromatic carbocycles. The van der Waals surface area contributed by atoms with E-state index >= 15 is 0 Å². The summed E-state index contributed by atoms with van der Waals surface area (Å²) in [5.74, 6) is 1.89. The number of carbonyl (C=O) groups excluding carboxylic acids is 1. The van der Waals surface area contributed by atoms with Crippen molar-refractivity contribution in [2.75, 3.05) is 39.3 Å². The number of aromatic nitrogens is 1. The molecular weight excluding hydrogens is 402 g/mol. The molecule has 0 saturated carbocycles. The number of piperazine rings is 1. The molecule has 0 spiro atoms.